The number of aryl methyl sites for hydroxylation is 1. The Morgan fingerprint density at radius 1 is 1.10 bits per heavy atom. The van der Waals surface area contributed by atoms with E-state index in [1.165, 1.54) is 5.56 Å². The quantitative estimate of drug-likeness (QED) is 0.563. The van der Waals surface area contributed by atoms with Crippen LogP contribution in [0.5, 0.6) is 0 Å². The van der Waals surface area contributed by atoms with Gasteiger partial charge in [-0.25, -0.2) is 9.67 Å². The molecule has 0 atom stereocenters. The number of fused-ring (bicyclic) bond motifs is 1. The average molecular weight is 276 g/mol. The highest BCUT2D eigenvalue weighted by Crippen LogP contribution is 2.21. The van der Waals surface area contributed by atoms with Crippen LogP contribution in [0.2, 0.25) is 0 Å². The lowest BCUT2D eigenvalue weighted by molar-refractivity contribution is 0.789. The Bertz CT molecular complexity index is 907. The highest BCUT2D eigenvalue weighted by atomic mass is 15.5. The summed E-state index contributed by atoms with van der Waals surface area (Å²) in [7, 11) is 0. The Hall–Kier alpha value is -3.02. The number of imidazole rings is 1. The molecule has 6 nitrogen and oxygen atoms in total. The summed E-state index contributed by atoms with van der Waals surface area (Å²) in [6.45, 7) is 2.06. The van der Waals surface area contributed by atoms with E-state index in [1.807, 2.05) is 41.1 Å². The monoisotopic (exact) mass is 276 g/mol. The number of hydrogen-bond acceptors (Lipinski definition) is 4. The maximum atomic E-state index is 4.67. The summed E-state index contributed by atoms with van der Waals surface area (Å²) in [5.41, 5.74) is 5.01. The van der Waals surface area contributed by atoms with E-state index in [1.54, 1.807) is 11.0 Å². The average Bonchev–Trinajstić information content (AvgIpc) is 3.16. The summed E-state index contributed by atoms with van der Waals surface area (Å²) in [6, 6.07) is 12.1. The van der Waals surface area contributed by atoms with Crippen LogP contribution in [0.3, 0.4) is 0 Å². The molecule has 0 spiro atoms. The largest absolute Gasteiger partial charge is 0.306 e. The number of nitrogens with zero attached hydrogens (tertiary/aromatic N) is 6. The van der Waals surface area contributed by atoms with Gasteiger partial charge in [0.05, 0.1) is 11.4 Å². The summed E-state index contributed by atoms with van der Waals surface area (Å²) >= 11 is 0. The van der Waals surface area contributed by atoms with Crippen molar-refractivity contribution in [1.29, 1.82) is 0 Å². The SMILES string of the molecule is Cc1ccn2cc(-c3cccc(-n4cnnn4)c3)nc2c1. The molecule has 3 aromatic heterocycles. The van der Waals surface area contributed by atoms with Gasteiger partial charge in [0.15, 0.2) is 0 Å². The molecule has 0 bridgehead atoms. The van der Waals surface area contributed by atoms with Crippen molar-refractivity contribution >= 4 is 5.65 Å². The Kier molecular flexibility index (Phi) is 2.53. The van der Waals surface area contributed by atoms with E-state index < -0.39 is 0 Å². The molecule has 4 rings (SSSR count). The van der Waals surface area contributed by atoms with Gasteiger partial charge in [0.25, 0.3) is 0 Å². The first kappa shape index (κ1) is 11.8. The van der Waals surface area contributed by atoms with Crippen molar-refractivity contribution < 1.29 is 0 Å². The molecule has 3 heterocycles. The molecular weight excluding hydrogens is 264 g/mol. The first-order chi connectivity index (χ1) is 10.3. The number of aromatic nitrogens is 6. The van der Waals surface area contributed by atoms with Gasteiger partial charge in [-0.1, -0.05) is 12.1 Å². The molecule has 0 aliphatic rings. The van der Waals surface area contributed by atoms with Crippen LogP contribution in [0.15, 0.2) is 55.1 Å². The molecule has 0 N–H and O–H groups in total. The van der Waals surface area contributed by atoms with Crippen molar-refractivity contribution in [1.82, 2.24) is 29.6 Å². The third-order valence-corrected chi connectivity index (χ3v) is 3.37. The van der Waals surface area contributed by atoms with Gasteiger partial charge in [-0.2, -0.15) is 0 Å². The highest BCUT2D eigenvalue weighted by molar-refractivity contribution is 5.65. The van der Waals surface area contributed by atoms with E-state index >= 15 is 0 Å². The molecule has 4 aromatic rings. The number of benzene rings is 1. The van der Waals surface area contributed by atoms with E-state index in [-0.39, 0.29) is 0 Å². The number of tetrazole rings is 1. The summed E-state index contributed by atoms with van der Waals surface area (Å²) in [4.78, 5) is 4.67. The van der Waals surface area contributed by atoms with Crippen LogP contribution in [0.4, 0.5) is 0 Å². The van der Waals surface area contributed by atoms with Gasteiger partial charge < -0.3 is 4.40 Å². The number of pyridine rings is 1. The second-order valence-corrected chi connectivity index (χ2v) is 4.90. The lowest BCUT2D eigenvalue weighted by Crippen LogP contribution is -1.95. The molecule has 0 saturated carbocycles. The summed E-state index contributed by atoms with van der Waals surface area (Å²) < 4.78 is 3.65. The zero-order valence-corrected chi connectivity index (χ0v) is 11.4. The predicted octanol–water partition coefficient (Wildman–Crippen LogP) is 2.29. The van der Waals surface area contributed by atoms with Crippen LogP contribution in [-0.4, -0.2) is 29.6 Å². The van der Waals surface area contributed by atoms with Gasteiger partial charge >= 0.3 is 0 Å². The molecule has 1 aromatic carbocycles. The zero-order valence-electron chi connectivity index (χ0n) is 11.4. The van der Waals surface area contributed by atoms with Gasteiger partial charge in [0, 0.05) is 18.0 Å². The molecule has 102 valence electrons. The Labute approximate surface area is 120 Å². The lowest BCUT2D eigenvalue weighted by atomic mass is 10.1. The Morgan fingerprint density at radius 3 is 2.90 bits per heavy atom. The van der Waals surface area contributed by atoms with E-state index in [4.69, 9.17) is 0 Å². The molecular formula is C15H12N6. The molecule has 6 heteroatoms. The molecule has 0 amide bonds. The van der Waals surface area contributed by atoms with Crippen LogP contribution in [0, 0.1) is 6.92 Å². The molecule has 0 saturated heterocycles. The minimum atomic E-state index is 0.908. The normalized spacial score (nSPS) is 11.1. The Morgan fingerprint density at radius 2 is 2.05 bits per heavy atom. The third kappa shape index (κ3) is 2.06. The minimum absolute atomic E-state index is 0.908. The maximum absolute atomic E-state index is 4.67. The number of hydrogen-bond donors (Lipinski definition) is 0. The van der Waals surface area contributed by atoms with Crippen molar-refractivity contribution in [3.63, 3.8) is 0 Å². The lowest BCUT2D eigenvalue weighted by Gasteiger charge is -2.01. The van der Waals surface area contributed by atoms with Crippen LogP contribution < -0.4 is 0 Å². The smallest absolute Gasteiger partial charge is 0.143 e. The van der Waals surface area contributed by atoms with Gasteiger partial charge in [0.2, 0.25) is 0 Å². The first-order valence-corrected chi connectivity index (χ1v) is 6.59. The summed E-state index contributed by atoms with van der Waals surface area (Å²) in [5, 5.41) is 11.2. The zero-order chi connectivity index (χ0) is 14.2. The standard InChI is InChI=1S/C15H12N6/c1-11-5-6-20-9-14(17-15(20)7-11)12-3-2-4-13(8-12)21-10-16-18-19-21/h2-10H,1H3. The molecule has 0 unspecified atom stereocenters. The van der Waals surface area contributed by atoms with E-state index in [0.29, 0.717) is 0 Å². The predicted molar refractivity (Wildman–Crippen MR) is 78.1 cm³/mol. The van der Waals surface area contributed by atoms with E-state index in [0.717, 1.165) is 22.6 Å². The van der Waals surface area contributed by atoms with Crippen molar-refractivity contribution in [2.24, 2.45) is 0 Å². The molecule has 21 heavy (non-hydrogen) atoms. The van der Waals surface area contributed by atoms with Crippen LogP contribution in [0.25, 0.3) is 22.6 Å². The van der Waals surface area contributed by atoms with Crippen LogP contribution in [0.1, 0.15) is 5.56 Å². The molecule has 0 radical (unpaired) electrons. The molecule has 0 aliphatic carbocycles. The summed E-state index contributed by atoms with van der Waals surface area (Å²) in [6.07, 6.45) is 5.62. The van der Waals surface area contributed by atoms with Crippen molar-refractivity contribution in [3.8, 4) is 16.9 Å². The van der Waals surface area contributed by atoms with Crippen molar-refractivity contribution in [2.45, 2.75) is 6.92 Å². The van der Waals surface area contributed by atoms with Gasteiger partial charge in [-0.15, -0.1) is 5.10 Å². The fourth-order valence-corrected chi connectivity index (χ4v) is 2.31. The topological polar surface area (TPSA) is 60.9 Å². The van der Waals surface area contributed by atoms with Gasteiger partial charge in [-0.3, -0.25) is 0 Å². The minimum Gasteiger partial charge on any atom is -0.306 e. The fraction of sp³-hybridized carbons (Fsp3) is 0.0667. The first-order valence-electron chi connectivity index (χ1n) is 6.59. The Balaban J connectivity index is 1.83. The van der Waals surface area contributed by atoms with Crippen LogP contribution >= 0.6 is 0 Å². The van der Waals surface area contributed by atoms with Crippen molar-refractivity contribution in [2.75, 3.05) is 0 Å². The maximum Gasteiger partial charge on any atom is 0.143 e. The number of rotatable bonds is 2. The second-order valence-electron chi connectivity index (χ2n) is 4.90. The highest BCUT2D eigenvalue weighted by Gasteiger charge is 2.06. The van der Waals surface area contributed by atoms with Gasteiger partial charge in [-0.05, 0) is 47.2 Å². The fourth-order valence-electron chi connectivity index (χ4n) is 2.31. The third-order valence-electron chi connectivity index (χ3n) is 3.37. The molecule has 0 aliphatic heterocycles. The van der Waals surface area contributed by atoms with Crippen molar-refractivity contribution in [3.05, 3.63) is 60.7 Å². The summed E-state index contributed by atoms with van der Waals surface area (Å²) in [5.74, 6) is 0. The van der Waals surface area contributed by atoms with E-state index in [2.05, 4.69) is 39.6 Å². The van der Waals surface area contributed by atoms with Crippen LogP contribution in [-0.2, 0) is 0 Å². The van der Waals surface area contributed by atoms with E-state index in [9.17, 15) is 0 Å². The van der Waals surface area contributed by atoms with Gasteiger partial charge in [0.1, 0.15) is 12.0 Å². The molecule has 0 fully saturated rings. The second kappa shape index (κ2) is 4.52.